The summed E-state index contributed by atoms with van der Waals surface area (Å²) in [5.41, 5.74) is 0.377. The van der Waals surface area contributed by atoms with E-state index in [1.54, 1.807) is 17.8 Å². The standard InChI is InChI=1S/C23H22BrF3N4O2/c1-4-30(21-14(2)13-28-31(21)19-10-6-9-18(24)12-19)22(33)15(3)29-20(32)16-7-5-8-17(11-16)23(25,26)27/h5-13,15H,4H2,1-3H3,(H,29,32). The average Bonchev–Trinajstić information content (AvgIpc) is 3.15. The number of carbonyl (C=O) groups is 2. The number of nitrogens with one attached hydrogen (secondary N) is 1. The van der Waals surface area contributed by atoms with Crippen LogP contribution < -0.4 is 10.2 Å². The Kier molecular flexibility index (Phi) is 7.26. The van der Waals surface area contributed by atoms with Gasteiger partial charge in [0.25, 0.3) is 5.91 Å². The van der Waals surface area contributed by atoms with Gasteiger partial charge in [0, 0.05) is 22.1 Å². The summed E-state index contributed by atoms with van der Waals surface area (Å²) in [5.74, 6) is -0.645. The van der Waals surface area contributed by atoms with Crippen LogP contribution >= 0.6 is 15.9 Å². The maximum atomic E-state index is 13.2. The van der Waals surface area contributed by atoms with E-state index in [4.69, 9.17) is 0 Å². The van der Waals surface area contributed by atoms with Gasteiger partial charge < -0.3 is 5.32 Å². The first-order valence-electron chi connectivity index (χ1n) is 10.1. The van der Waals surface area contributed by atoms with Gasteiger partial charge in [0.05, 0.1) is 17.4 Å². The molecule has 3 aromatic rings. The Bertz CT molecular complexity index is 1180. The second-order valence-electron chi connectivity index (χ2n) is 7.40. The molecule has 0 aliphatic rings. The normalized spacial score (nSPS) is 12.3. The molecule has 0 aliphatic heterocycles. The highest BCUT2D eigenvalue weighted by molar-refractivity contribution is 9.10. The third-order valence-electron chi connectivity index (χ3n) is 4.98. The molecule has 0 saturated heterocycles. The first-order chi connectivity index (χ1) is 15.5. The molecule has 0 aliphatic carbocycles. The molecule has 1 N–H and O–H groups in total. The Morgan fingerprint density at radius 1 is 1.18 bits per heavy atom. The second-order valence-corrected chi connectivity index (χ2v) is 8.31. The largest absolute Gasteiger partial charge is 0.416 e. The van der Waals surface area contributed by atoms with Gasteiger partial charge in [-0.25, -0.2) is 4.68 Å². The maximum Gasteiger partial charge on any atom is 0.416 e. The van der Waals surface area contributed by atoms with Crippen molar-refractivity contribution in [2.24, 2.45) is 0 Å². The van der Waals surface area contributed by atoms with E-state index in [0.29, 0.717) is 12.4 Å². The summed E-state index contributed by atoms with van der Waals surface area (Å²) in [6.07, 6.45) is -2.93. The molecule has 0 saturated carbocycles. The van der Waals surface area contributed by atoms with Crippen LogP contribution in [0.15, 0.2) is 59.2 Å². The molecule has 1 heterocycles. The zero-order chi connectivity index (χ0) is 24.3. The highest BCUT2D eigenvalue weighted by Gasteiger charge is 2.31. The Balaban J connectivity index is 1.84. The second kappa shape index (κ2) is 9.78. The number of likely N-dealkylation sites (N-methyl/N-ethyl adjacent to an activating group) is 1. The number of alkyl halides is 3. The number of nitrogens with zero attached hydrogens (tertiary/aromatic N) is 3. The van der Waals surface area contributed by atoms with Gasteiger partial charge in [-0.05, 0) is 57.2 Å². The van der Waals surface area contributed by atoms with E-state index in [1.807, 2.05) is 31.2 Å². The third-order valence-corrected chi connectivity index (χ3v) is 5.47. The molecule has 33 heavy (non-hydrogen) atoms. The molecule has 174 valence electrons. The number of halogens is 4. The molecule has 1 atom stereocenters. The van der Waals surface area contributed by atoms with Crippen LogP contribution in [-0.4, -0.2) is 34.2 Å². The summed E-state index contributed by atoms with van der Waals surface area (Å²) in [6.45, 7) is 5.39. The molecule has 6 nitrogen and oxygen atoms in total. The summed E-state index contributed by atoms with van der Waals surface area (Å²) in [6, 6.07) is 10.5. The van der Waals surface area contributed by atoms with Crippen molar-refractivity contribution >= 4 is 33.6 Å². The molecule has 0 bridgehead atoms. The topological polar surface area (TPSA) is 67.2 Å². The number of hydrogen-bond acceptors (Lipinski definition) is 3. The number of anilines is 1. The molecular weight excluding hydrogens is 501 g/mol. The van der Waals surface area contributed by atoms with Crippen molar-refractivity contribution in [3.8, 4) is 5.69 Å². The maximum absolute atomic E-state index is 13.2. The number of rotatable bonds is 6. The van der Waals surface area contributed by atoms with Crippen LogP contribution in [-0.2, 0) is 11.0 Å². The molecule has 0 radical (unpaired) electrons. The van der Waals surface area contributed by atoms with Crippen LogP contribution in [0, 0.1) is 6.92 Å². The van der Waals surface area contributed by atoms with Crippen molar-refractivity contribution in [2.75, 3.05) is 11.4 Å². The van der Waals surface area contributed by atoms with E-state index in [1.165, 1.54) is 17.9 Å². The van der Waals surface area contributed by atoms with Gasteiger partial charge in [-0.1, -0.05) is 28.1 Å². The Morgan fingerprint density at radius 3 is 2.52 bits per heavy atom. The minimum atomic E-state index is -4.57. The third kappa shape index (κ3) is 5.44. The minimum Gasteiger partial charge on any atom is -0.341 e. The van der Waals surface area contributed by atoms with Crippen molar-refractivity contribution in [1.29, 1.82) is 0 Å². The fourth-order valence-corrected chi connectivity index (χ4v) is 3.76. The van der Waals surface area contributed by atoms with E-state index in [-0.39, 0.29) is 5.56 Å². The zero-order valence-corrected chi connectivity index (χ0v) is 19.7. The van der Waals surface area contributed by atoms with E-state index >= 15 is 0 Å². The van der Waals surface area contributed by atoms with Crippen LogP contribution in [0.5, 0.6) is 0 Å². The van der Waals surface area contributed by atoms with Crippen LogP contribution in [0.25, 0.3) is 5.69 Å². The van der Waals surface area contributed by atoms with Crippen LogP contribution in [0.2, 0.25) is 0 Å². The van der Waals surface area contributed by atoms with Crippen molar-refractivity contribution in [1.82, 2.24) is 15.1 Å². The molecule has 1 aromatic heterocycles. The fraction of sp³-hybridized carbons (Fsp3) is 0.261. The summed E-state index contributed by atoms with van der Waals surface area (Å²) in [7, 11) is 0. The lowest BCUT2D eigenvalue weighted by atomic mass is 10.1. The number of hydrogen-bond donors (Lipinski definition) is 1. The summed E-state index contributed by atoms with van der Waals surface area (Å²) in [5, 5.41) is 6.89. The highest BCUT2D eigenvalue weighted by atomic mass is 79.9. The molecular formula is C23H22BrF3N4O2. The van der Waals surface area contributed by atoms with Crippen LogP contribution in [0.4, 0.5) is 19.0 Å². The van der Waals surface area contributed by atoms with Crippen molar-refractivity contribution < 1.29 is 22.8 Å². The Labute approximate surface area is 197 Å². The first kappa shape index (κ1) is 24.5. The number of benzene rings is 2. The predicted molar refractivity (Wildman–Crippen MR) is 122 cm³/mol. The number of amides is 2. The number of aryl methyl sites for hydroxylation is 1. The van der Waals surface area contributed by atoms with Gasteiger partial charge in [-0.15, -0.1) is 0 Å². The van der Waals surface area contributed by atoms with E-state index < -0.39 is 29.6 Å². The molecule has 2 aromatic carbocycles. The highest BCUT2D eigenvalue weighted by Crippen LogP contribution is 2.30. The Hall–Kier alpha value is -3.14. The molecule has 3 rings (SSSR count). The van der Waals surface area contributed by atoms with Gasteiger partial charge in [0.2, 0.25) is 5.91 Å². The lowest BCUT2D eigenvalue weighted by molar-refractivity contribution is -0.137. The van der Waals surface area contributed by atoms with E-state index in [9.17, 15) is 22.8 Å². The fourth-order valence-electron chi connectivity index (χ4n) is 3.37. The van der Waals surface area contributed by atoms with Gasteiger partial charge in [0.1, 0.15) is 11.9 Å². The van der Waals surface area contributed by atoms with Gasteiger partial charge in [-0.2, -0.15) is 18.3 Å². The molecule has 0 spiro atoms. The SMILES string of the molecule is CCN(C(=O)C(C)NC(=O)c1cccc(C(F)(F)F)c1)c1c(C)cnn1-c1cccc(Br)c1. The lowest BCUT2D eigenvalue weighted by Gasteiger charge is -2.26. The Morgan fingerprint density at radius 2 is 1.88 bits per heavy atom. The summed E-state index contributed by atoms with van der Waals surface area (Å²) >= 11 is 3.42. The van der Waals surface area contributed by atoms with E-state index in [0.717, 1.165) is 33.9 Å². The van der Waals surface area contributed by atoms with Crippen molar-refractivity contribution in [2.45, 2.75) is 33.0 Å². The van der Waals surface area contributed by atoms with Crippen LogP contribution in [0.3, 0.4) is 0 Å². The molecule has 0 fully saturated rings. The van der Waals surface area contributed by atoms with E-state index in [2.05, 4.69) is 26.3 Å². The zero-order valence-electron chi connectivity index (χ0n) is 18.2. The molecule has 10 heteroatoms. The summed E-state index contributed by atoms with van der Waals surface area (Å²) in [4.78, 5) is 27.3. The average molecular weight is 523 g/mol. The predicted octanol–water partition coefficient (Wildman–Crippen LogP) is 5.13. The van der Waals surface area contributed by atoms with Crippen LogP contribution in [0.1, 0.15) is 35.3 Å². The van der Waals surface area contributed by atoms with Gasteiger partial charge >= 0.3 is 6.18 Å². The first-order valence-corrected chi connectivity index (χ1v) is 10.9. The molecule has 1 unspecified atom stereocenters. The van der Waals surface area contributed by atoms with Crippen molar-refractivity contribution in [3.63, 3.8) is 0 Å². The van der Waals surface area contributed by atoms with Crippen molar-refractivity contribution in [3.05, 3.63) is 75.9 Å². The minimum absolute atomic E-state index is 0.178. The summed E-state index contributed by atoms with van der Waals surface area (Å²) < 4.78 is 41.4. The molecule has 2 amide bonds. The number of aromatic nitrogens is 2. The van der Waals surface area contributed by atoms with Gasteiger partial charge in [0.15, 0.2) is 0 Å². The lowest BCUT2D eigenvalue weighted by Crippen LogP contribution is -2.47. The number of carbonyl (C=O) groups excluding carboxylic acids is 2. The smallest absolute Gasteiger partial charge is 0.341 e. The quantitative estimate of drug-likeness (QED) is 0.487. The van der Waals surface area contributed by atoms with Gasteiger partial charge in [-0.3, -0.25) is 14.5 Å². The monoisotopic (exact) mass is 522 g/mol.